The number of benzene rings is 1. The van der Waals surface area contributed by atoms with Gasteiger partial charge in [-0.05, 0) is 57.1 Å². The standard InChI is InChI=1S/C24H34N4O2.C7H12.2C2H6/c1-3-4-9-19(2)16-23-17-25-26-28(23)22-13-8-12-21(14-15-24(29)30)27(18-22)20-10-6-5-7-11-20;1-3-5-7-6-4-2;2*1-2/h5-7,10-11,14,17,19,22H,3-4,8-9,12-13,15-16,18H2,1-2H3,(H,29,30);3,5-7H,4H2,1-2H3;2*1-2H3/b21-14+;5-3-,7-6-;;. The summed E-state index contributed by atoms with van der Waals surface area (Å²) in [6.07, 6.45) is 20.8. The summed E-state index contributed by atoms with van der Waals surface area (Å²) in [5, 5.41) is 17.9. The number of hydrogen-bond acceptors (Lipinski definition) is 4. The van der Waals surface area contributed by atoms with Crippen molar-refractivity contribution >= 4 is 11.7 Å². The molecule has 230 valence electrons. The van der Waals surface area contributed by atoms with Crippen molar-refractivity contribution in [1.82, 2.24) is 15.0 Å². The number of carboxylic acids is 1. The van der Waals surface area contributed by atoms with Crippen LogP contribution in [0.25, 0.3) is 0 Å². The van der Waals surface area contributed by atoms with Crippen molar-refractivity contribution in [2.24, 2.45) is 5.92 Å². The van der Waals surface area contributed by atoms with E-state index in [-0.39, 0.29) is 12.5 Å². The summed E-state index contributed by atoms with van der Waals surface area (Å²) in [6, 6.07) is 10.5. The summed E-state index contributed by atoms with van der Waals surface area (Å²) in [7, 11) is 0. The van der Waals surface area contributed by atoms with Crippen LogP contribution in [-0.4, -0.2) is 32.6 Å². The van der Waals surface area contributed by atoms with Gasteiger partial charge in [0.1, 0.15) is 0 Å². The van der Waals surface area contributed by atoms with Crippen LogP contribution in [0.3, 0.4) is 0 Å². The molecule has 0 radical (unpaired) electrons. The lowest BCUT2D eigenvalue weighted by Crippen LogP contribution is -2.30. The molecule has 0 aliphatic carbocycles. The Kier molecular flexibility index (Phi) is 22.7. The highest BCUT2D eigenvalue weighted by Crippen LogP contribution is 2.32. The average Bonchev–Trinajstić information content (AvgIpc) is 3.35. The van der Waals surface area contributed by atoms with Crippen LogP contribution >= 0.6 is 0 Å². The molecule has 0 bridgehead atoms. The Hall–Kier alpha value is -3.15. The summed E-state index contributed by atoms with van der Waals surface area (Å²) in [6.45, 7) is 17.5. The molecule has 2 unspecified atom stereocenters. The maximum Gasteiger partial charge on any atom is 0.307 e. The number of allylic oxidation sites excluding steroid dienone is 5. The zero-order chi connectivity index (χ0) is 30.9. The van der Waals surface area contributed by atoms with Gasteiger partial charge in [-0.15, -0.1) is 5.10 Å². The van der Waals surface area contributed by atoms with Crippen LogP contribution in [0.4, 0.5) is 5.69 Å². The van der Waals surface area contributed by atoms with Crippen LogP contribution in [0.1, 0.15) is 118 Å². The van der Waals surface area contributed by atoms with Crippen molar-refractivity contribution < 1.29 is 9.90 Å². The molecule has 0 amide bonds. The van der Waals surface area contributed by atoms with Crippen LogP contribution in [0.2, 0.25) is 0 Å². The Labute approximate surface area is 251 Å². The van der Waals surface area contributed by atoms with Gasteiger partial charge in [0.2, 0.25) is 0 Å². The monoisotopic (exact) mass is 566 g/mol. The smallest absolute Gasteiger partial charge is 0.307 e. The van der Waals surface area contributed by atoms with Crippen LogP contribution < -0.4 is 4.90 Å². The first-order valence-corrected chi connectivity index (χ1v) is 15.9. The van der Waals surface area contributed by atoms with Gasteiger partial charge in [-0.3, -0.25) is 4.79 Å². The van der Waals surface area contributed by atoms with Gasteiger partial charge in [-0.1, -0.05) is 122 Å². The third-order valence-corrected chi connectivity index (χ3v) is 6.57. The van der Waals surface area contributed by atoms with Gasteiger partial charge >= 0.3 is 5.97 Å². The van der Waals surface area contributed by atoms with Gasteiger partial charge in [0.25, 0.3) is 0 Å². The minimum Gasteiger partial charge on any atom is -0.481 e. The maximum atomic E-state index is 11.2. The predicted molar refractivity (Wildman–Crippen MR) is 176 cm³/mol. The fourth-order valence-corrected chi connectivity index (χ4v) is 4.63. The van der Waals surface area contributed by atoms with Gasteiger partial charge in [0.15, 0.2) is 0 Å². The molecule has 1 aliphatic heterocycles. The van der Waals surface area contributed by atoms with E-state index >= 15 is 0 Å². The number of aliphatic carboxylic acids is 1. The molecule has 2 aromatic rings. The van der Waals surface area contributed by atoms with Gasteiger partial charge in [0.05, 0.1) is 24.4 Å². The Bertz CT molecular complexity index is 995. The number of carbonyl (C=O) groups is 1. The molecular formula is C35H58N4O2. The fraction of sp³-hybridized carbons (Fsp3) is 0.571. The summed E-state index contributed by atoms with van der Waals surface area (Å²) in [5.74, 6) is -0.180. The van der Waals surface area contributed by atoms with E-state index in [0.717, 1.165) is 50.0 Å². The largest absolute Gasteiger partial charge is 0.481 e. The van der Waals surface area contributed by atoms with Crippen molar-refractivity contribution in [2.75, 3.05) is 11.4 Å². The molecular weight excluding hydrogens is 508 g/mol. The molecule has 1 aliphatic rings. The number of aromatic nitrogens is 3. The Morgan fingerprint density at radius 2 is 1.83 bits per heavy atom. The number of nitrogens with zero attached hydrogens (tertiary/aromatic N) is 4. The summed E-state index contributed by atoms with van der Waals surface area (Å²) in [4.78, 5) is 13.4. The second-order valence-electron chi connectivity index (χ2n) is 9.77. The summed E-state index contributed by atoms with van der Waals surface area (Å²) >= 11 is 0. The van der Waals surface area contributed by atoms with E-state index < -0.39 is 5.97 Å². The Morgan fingerprint density at radius 3 is 2.44 bits per heavy atom. The zero-order valence-corrected chi connectivity index (χ0v) is 27.2. The van der Waals surface area contributed by atoms with Crippen molar-refractivity contribution in [3.05, 3.63) is 78.3 Å². The van der Waals surface area contributed by atoms with E-state index in [2.05, 4.69) is 64.9 Å². The quantitative estimate of drug-likeness (QED) is 0.274. The van der Waals surface area contributed by atoms with Crippen LogP contribution in [0, 0.1) is 5.92 Å². The molecule has 41 heavy (non-hydrogen) atoms. The van der Waals surface area contributed by atoms with Gasteiger partial charge in [0, 0.05) is 17.9 Å². The van der Waals surface area contributed by atoms with E-state index in [9.17, 15) is 4.79 Å². The van der Waals surface area contributed by atoms with Gasteiger partial charge in [-0.25, -0.2) is 4.68 Å². The predicted octanol–water partition coefficient (Wildman–Crippen LogP) is 9.82. The molecule has 0 spiro atoms. The molecule has 1 saturated heterocycles. The van der Waals surface area contributed by atoms with E-state index in [1.54, 1.807) is 0 Å². The molecule has 6 heteroatoms. The lowest BCUT2D eigenvalue weighted by Gasteiger charge is -2.29. The highest BCUT2D eigenvalue weighted by Gasteiger charge is 2.26. The molecule has 2 atom stereocenters. The molecule has 1 N–H and O–H groups in total. The second kappa shape index (κ2) is 24.6. The van der Waals surface area contributed by atoms with Crippen molar-refractivity contribution in [3.8, 4) is 0 Å². The van der Waals surface area contributed by atoms with Crippen LogP contribution in [0.5, 0.6) is 0 Å². The Balaban J connectivity index is 0.00000125. The highest BCUT2D eigenvalue weighted by molar-refractivity contribution is 5.69. The first kappa shape index (κ1) is 37.9. The minimum atomic E-state index is -0.795. The van der Waals surface area contributed by atoms with Crippen molar-refractivity contribution in [3.63, 3.8) is 0 Å². The Morgan fingerprint density at radius 1 is 1.12 bits per heavy atom. The number of para-hydroxylation sites is 1. The fourth-order valence-electron chi connectivity index (χ4n) is 4.63. The number of hydrogen-bond donors (Lipinski definition) is 1. The number of anilines is 1. The first-order valence-electron chi connectivity index (χ1n) is 15.9. The molecule has 1 aromatic carbocycles. The number of rotatable bonds is 11. The molecule has 2 heterocycles. The number of carboxylic acid groups (broad SMARTS) is 1. The minimum absolute atomic E-state index is 0.0485. The van der Waals surface area contributed by atoms with Gasteiger partial charge in [-0.2, -0.15) is 0 Å². The summed E-state index contributed by atoms with van der Waals surface area (Å²) < 4.78 is 2.12. The van der Waals surface area contributed by atoms with E-state index in [0.29, 0.717) is 5.92 Å². The van der Waals surface area contributed by atoms with E-state index in [1.165, 1.54) is 25.0 Å². The molecule has 0 saturated carbocycles. The molecule has 1 aromatic heterocycles. The normalized spacial score (nSPS) is 16.6. The van der Waals surface area contributed by atoms with E-state index in [1.807, 2.05) is 77.2 Å². The summed E-state index contributed by atoms with van der Waals surface area (Å²) in [5.41, 5.74) is 3.39. The highest BCUT2D eigenvalue weighted by atomic mass is 16.4. The van der Waals surface area contributed by atoms with E-state index in [4.69, 9.17) is 5.11 Å². The van der Waals surface area contributed by atoms with Crippen molar-refractivity contribution in [2.45, 2.75) is 119 Å². The molecule has 6 nitrogen and oxygen atoms in total. The zero-order valence-electron chi connectivity index (χ0n) is 27.2. The third-order valence-electron chi connectivity index (χ3n) is 6.57. The van der Waals surface area contributed by atoms with Crippen LogP contribution in [0.15, 0.2) is 72.6 Å². The second-order valence-corrected chi connectivity index (χ2v) is 9.77. The van der Waals surface area contributed by atoms with Gasteiger partial charge < -0.3 is 10.0 Å². The molecule has 3 rings (SSSR count). The topological polar surface area (TPSA) is 71.2 Å². The first-order chi connectivity index (χ1) is 20.0. The maximum absolute atomic E-state index is 11.2. The van der Waals surface area contributed by atoms with Crippen LogP contribution in [-0.2, 0) is 11.2 Å². The van der Waals surface area contributed by atoms with Crippen molar-refractivity contribution in [1.29, 1.82) is 0 Å². The number of unbranched alkanes of at least 4 members (excludes halogenated alkanes) is 1. The lowest BCUT2D eigenvalue weighted by molar-refractivity contribution is -0.136. The molecule has 1 fully saturated rings. The average molecular weight is 567 g/mol. The SMILES string of the molecule is C/C=C\C=C/CC.CC.CC.CCCCC(C)Cc1cnnn1C1CCC/C(=C\CC(=O)O)N(c2ccccc2)C1. The lowest BCUT2D eigenvalue weighted by atomic mass is 9.99. The third kappa shape index (κ3) is 15.4.